The zero-order chi connectivity index (χ0) is 36.9. The topological polar surface area (TPSA) is 179 Å². The van der Waals surface area contributed by atoms with Crippen LogP contribution in [0.5, 0.6) is 5.75 Å². The Balaban J connectivity index is 1.06. The minimum Gasteiger partial charge on any atom is -0.491 e. The zero-order valence-corrected chi connectivity index (χ0v) is 29.8. The van der Waals surface area contributed by atoms with Crippen molar-refractivity contribution in [1.29, 1.82) is 0 Å². The molecular weight excluding hydrogens is 691 g/mol. The average Bonchev–Trinajstić information content (AvgIpc) is 3.46. The number of hydrogen-bond donors (Lipinski definition) is 4. The van der Waals surface area contributed by atoms with Gasteiger partial charge in [-0.2, -0.15) is 0 Å². The van der Waals surface area contributed by atoms with Crippen molar-refractivity contribution in [2.45, 2.75) is 26.3 Å². The second kappa shape index (κ2) is 19.3. The van der Waals surface area contributed by atoms with E-state index in [2.05, 4.69) is 20.8 Å². The van der Waals surface area contributed by atoms with E-state index in [-0.39, 0.29) is 18.2 Å². The molecule has 1 aliphatic rings. The van der Waals surface area contributed by atoms with Gasteiger partial charge in [-0.1, -0.05) is 35.9 Å². The average molecular weight is 733 g/mol. The fraction of sp³-hybridized carbons (Fsp3) is 0.361. The third-order valence-electron chi connectivity index (χ3n) is 8.01. The van der Waals surface area contributed by atoms with E-state index in [0.29, 0.717) is 98.5 Å². The van der Waals surface area contributed by atoms with Crippen LogP contribution in [0.2, 0.25) is 5.02 Å². The first-order chi connectivity index (χ1) is 25.2. The Morgan fingerprint density at radius 1 is 0.865 bits per heavy atom. The van der Waals surface area contributed by atoms with Gasteiger partial charge in [0.05, 0.1) is 57.5 Å². The number of nitrogens with zero attached hydrogens (tertiary/aromatic N) is 4. The molecule has 5 rings (SSSR count). The number of ether oxygens (including phenoxy) is 4. The van der Waals surface area contributed by atoms with Crippen molar-refractivity contribution < 1.29 is 38.6 Å². The van der Waals surface area contributed by atoms with Gasteiger partial charge >= 0.3 is 7.12 Å². The van der Waals surface area contributed by atoms with Crippen molar-refractivity contribution in [3.8, 4) is 11.4 Å². The highest BCUT2D eigenvalue weighted by Gasteiger charge is 2.30. The highest BCUT2D eigenvalue weighted by Crippen LogP contribution is 2.34. The maximum absolute atomic E-state index is 12.7. The summed E-state index contributed by atoms with van der Waals surface area (Å²) in [4.78, 5) is 30.0. The molecule has 1 aliphatic heterocycles. The lowest BCUT2D eigenvalue weighted by Gasteiger charge is -2.15. The third-order valence-corrected chi connectivity index (χ3v) is 8.26. The van der Waals surface area contributed by atoms with Crippen LogP contribution in [-0.4, -0.2) is 109 Å². The normalized spacial score (nSPS) is 13.4. The van der Waals surface area contributed by atoms with Crippen molar-refractivity contribution >= 4 is 41.7 Å². The molecule has 0 spiro atoms. The number of halogens is 1. The summed E-state index contributed by atoms with van der Waals surface area (Å²) >= 11 is 6.21. The monoisotopic (exact) mass is 732 g/mol. The van der Waals surface area contributed by atoms with Crippen molar-refractivity contribution in [3.05, 3.63) is 100 Å². The number of benzene rings is 3. The number of carbonyl (C=O) groups is 2. The lowest BCUT2D eigenvalue weighted by Crippen LogP contribution is -2.31. The SMILES string of the molecule is CCNC(=O)C[C@@H]1N=C(c2ccc(Cl)cc2)c2cc(OCCOCCOCCOCCNC(=O)c3ccc(B(O)O)cc3)ccc2-n2c(C)nnc21. The van der Waals surface area contributed by atoms with Crippen LogP contribution in [-0.2, 0) is 19.0 Å². The molecule has 274 valence electrons. The molecule has 0 aliphatic carbocycles. The quantitative estimate of drug-likeness (QED) is 0.0826. The molecule has 52 heavy (non-hydrogen) atoms. The maximum atomic E-state index is 12.7. The Kier molecular flexibility index (Phi) is 14.3. The molecule has 0 saturated carbocycles. The Morgan fingerprint density at radius 2 is 1.54 bits per heavy atom. The predicted molar refractivity (Wildman–Crippen MR) is 196 cm³/mol. The lowest BCUT2D eigenvalue weighted by atomic mass is 9.80. The number of nitrogens with one attached hydrogen (secondary N) is 2. The molecule has 3 aromatic carbocycles. The van der Waals surface area contributed by atoms with E-state index in [0.717, 1.165) is 16.8 Å². The molecule has 1 atom stereocenters. The fourth-order valence-corrected chi connectivity index (χ4v) is 5.62. The van der Waals surface area contributed by atoms with Crippen LogP contribution in [0.1, 0.15) is 52.5 Å². The van der Waals surface area contributed by atoms with Gasteiger partial charge in [0.1, 0.15) is 24.2 Å². The van der Waals surface area contributed by atoms with Crippen molar-refractivity contribution in [2.75, 3.05) is 59.3 Å². The summed E-state index contributed by atoms with van der Waals surface area (Å²) in [6.07, 6.45) is 0.117. The summed E-state index contributed by atoms with van der Waals surface area (Å²) in [6, 6.07) is 18.6. The van der Waals surface area contributed by atoms with Gasteiger partial charge in [0.2, 0.25) is 5.91 Å². The Hall–Kier alpha value is -4.64. The molecule has 2 heterocycles. The number of amides is 2. The molecule has 0 unspecified atom stereocenters. The van der Waals surface area contributed by atoms with E-state index < -0.39 is 13.2 Å². The molecule has 2 amide bonds. The van der Waals surface area contributed by atoms with E-state index in [1.165, 1.54) is 24.3 Å². The number of aryl methyl sites for hydroxylation is 1. The molecule has 14 nitrogen and oxygen atoms in total. The summed E-state index contributed by atoms with van der Waals surface area (Å²) in [5.41, 5.74) is 3.88. The summed E-state index contributed by atoms with van der Waals surface area (Å²) in [7, 11) is -1.57. The Labute approximate surface area is 307 Å². The molecule has 4 aromatic rings. The molecule has 0 saturated heterocycles. The second-order valence-corrected chi connectivity index (χ2v) is 12.2. The molecular formula is C36H42BClN6O8. The van der Waals surface area contributed by atoms with Crippen LogP contribution in [0.25, 0.3) is 5.69 Å². The summed E-state index contributed by atoms with van der Waals surface area (Å²) in [5.74, 6) is 1.48. The van der Waals surface area contributed by atoms with Crippen LogP contribution in [0.15, 0.2) is 71.7 Å². The number of rotatable bonds is 19. The van der Waals surface area contributed by atoms with E-state index in [1.807, 2.05) is 60.9 Å². The van der Waals surface area contributed by atoms with Gasteiger partial charge in [0.15, 0.2) is 5.82 Å². The summed E-state index contributed by atoms with van der Waals surface area (Å²) in [6.45, 7) is 7.08. The highest BCUT2D eigenvalue weighted by molar-refractivity contribution is 6.58. The summed E-state index contributed by atoms with van der Waals surface area (Å²) in [5, 5.41) is 33.2. The summed E-state index contributed by atoms with van der Waals surface area (Å²) < 4.78 is 24.8. The largest absolute Gasteiger partial charge is 0.491 e. The van der Waals surface area contributed by atoms with Gasteiger partial charge < -0.3 is 39.6 Å². The number of hydrogen-bond acceptors (Lipinski definition) is 11. The molecule has 16 heteroatoms. The van der Waals surface area contributed by atoms with Crippen molar-refractivity contribution in [2.24, 2.45) is 4.99 Å². The molecule has 0 radical (unpaired) electrons. The van der Waals surface area contributed by atoms with Crippen molar-refractivity contribution in [3.63, 3.8) is 0 Å². The van der Waals surface area contributed by atoms with Gasteiger partial charge in [-0.25, -0.2) is 0 Å². The Morgan fingerprint density at radius 3 is 2.21 bits per heavy atom. The number of aromatic nitrogens is 3. The predicted octanol–water partition coefficient (Wildman–Crippen LogP) is 2.19. The smallest absolute Gasteiger partial charge is 0.488 e. The number of fused-ring (bicyclic) bond motifs is 3. The minimum absolute atomic E-state index is 0.117. The first-order valence-corrected chi connectivity index (χ1v) is 17.4. The van der Waals surface area contributed by atoms with E-state index >= 15 is 0 Å². The first-order valence-electron chi connectivity index (χ1n) is 17.0. The van der Waals surface area contributed by atoms with Gasteiger partial charge in [-0.15, -0.1) is 10.2 Å². The molecule has 4 N–H and O–H groups in total. The molecule has 0 bridgehead atoms. The second-order valence-electron chi connectivity index (χ2n) is 11.7. The Bertz CT molecular complexity index is 1820. The van der Waals surface area contributed by atoms with Crippen LogP contribution < -0.4 is 20.8 Å². The minimum atomic E-state index is -1.57. The third kappa shape index (κ3) is 10.5. The fourth-order valence-electron chi connectivity index (χ4n) is 5.49. The van der Waals surface area contributed by atoms with Gasteiger partial charge in [-0.3, -0.25) is 19.1 Å². The van der Waals surface area contributed by atoms with Crippen LogP contribution >= 0.6 is 11.6 Å². The van der Waals surface area contributed by atoms with E-state index in [4.69, 9.17) is 45.6 Å². The zero-order valence-electron chi connectivity index (χ0n) is 29.1. The van der Waals surface area contributed by atoms with Crippen LogP contribution in [0.4, 0.5) is 0 Å². The van der Waals surface area contributed by atoms with Gasteiger partial charge in [0, 0.05) is 34.8 Å². The van der Waals surface area contributed by atoms with Crippen LogP contribution in [0.3, 0.4) is 0 Å². The maximum Gasteiger partial charge on any atom is 0.488 e. The van der Waals surface area contributed by atoms with Crippen molar-refractivity contribution in [1.82, 2.24) is 25.4 Å². The standard InChI is InChI=1S/C36H42BClN6O8/c1-3-39-33(45)23-31-35-43-42-24(2)44(35)32-13-12-29(22-30(32)34(41-31)25-6-10-28(38)11-7-25)52-21-20-51-19-18-50-17-16-49-15-14-40-36(46)26-4-8-27(9-5-26)37(47)48/h4-13,22,31,47-48H,3,14-21,23H2,1-2H3,(H,39,45)(H,40,46)/t31-/m0/s1. The van der Waals surface area contributed by atoms with E-state index in [9.17, 15) is 9.59 Å². The lowest BCUT2D eigenvalue weighted by molar-refractivity contribution is -0.121. The highest BCUT2D eigenvalue weighted by atomic mass is 35.5. The van der Waals surface area contributed by atoms with Gasteiger partial charge in [0.25, 0.3) is 5.91 Å². The number of aliphatic imine (C=N–C) groups is 1. The van der Waals surface area contributed by atoms with Crippen LogP contribution in [0, 0.1) is 6.92 Å². The van der Waals surface area contributed by atoms with Gasteiger partial charge in [-0.05, 0) is 61.8 Å². The first kappa shape index (κ1) is 38.6. The molecule has 1 aromatic heterocycles. The molecule has 0 fully saturated rings. The van der Waals surface area contributed by atoms with E-state index in [1.54, 1.807) is 0 Å². The number of carbonyl (C=O) groups excluding carboxylic acids is 2.